The van der Waals surface area contributed by atoms with E-state index in [0.717, 1.165) is 36.2 Å². The molecule has 0 radical (unpaired) electrons. The number of hydrogen-bond donors (Lipinski definition) is 1. The zero-order chi connectivity index (χ0) is 15.4. The van der Waals surface area contributed by atoms with Crippen LogP contribution in [0.1, 0.15) is 12.1 Å². The average Bonchev–Trinajstić information content (AvgIpc) is 2.97. The van der Waals surface area contributed by atoms with Crippen LogP contribution in [0, 0.1) is 0 Å². The lowest BCUT2D eigenvalue weighted by atomic mass is 10.3. The van der Waals surface area contributed by atoms with Crippen molar-refractivity contribution in [2.75, 3.05) is 25.5 Å². The van der Waals surface area contributed by atoms with E-state index < -0.39 is 0 Å². The van der Waals surface area contributed by atoms with Gasteiger partial charge in [0.25, 0.3) is 0 Å². The monoisotopic (exact) mass is 363 g/mol. The summed E-state index contributed by atoms with van der Waals surface area (Å²) < 4.78 is 6.12. The highest BCUT2D eigenvalue weighted by atomic mass is 79.9. The van der Waals surface area contributed by atoms with E-state index in [1.165, 1.54) is 0 Å². The maximum absolute atomic E-state index is 5.12. The van der Waals surface area contributed by atoms with E-state index >= 15 is 0 Å². The molecule has 1 fully saturated rings. The molecule has 3 heterocycles. The smallest absolute Gasteiger partial charge is 0.226 e. The van der Waals surface area contributed by atoms with Gasteiger partial charge in [-0.2, -0.15) is 4.98 Å². The van der Waals surface area contributed by atoms with Crippen molar-refractivity contribution in [2.24, 2.45) is 0 Å². The second-order valence-electron chi connectivity index (χ2n) is 5.26. The molecule has 2 aromatic rings. The summed E-state index contributed by atoms with van der Waals surface area (Å²) in [7, 11) is 1.61. The number of nitrogens with zero attached hydrogens (tertiary/aromatic N) is 4. The van der Waals surface area contributed by atoms with Gasteiger partial charge in [-0.15, -0.1) is 0 Å². The fraction of sp³-hybridized carbons (Fsp3) is 0.400. The molecule has 116 valence electrons. The number of ether oxygens (including phenoxy) is 1. The Kier molecular flexibility index (Phi) is 4.84. The molecule has 3 rings (SSSR count). The fourth-order valence-electron chi connectivity index (χ4n) is 2.53. The number of aromatic nitrogens is 3. The lowest BCUT2D eigenvalue weighted by Gasteiger charge is -2.16. The first-order valence-electron chi connectivity index (χ1n) is 7.19. The third-order valence-electron chi connectivity index (χ3n) is 3.62. The maximum atomic E-state index is 5.12. The first-order chi connectivity index (χ1) is 10.7. The lowest BCUT2D eigenvalue weighted by molar-refractivity contribution is 0.324. The summed E-state index contributed by atoms with van der Waals surface area (Å²) in [5, 5.41) is 3.37. The maximum Gasteiger partial charge on any atom is 0.226 e. The Morgan fingerprint density at radius 2 is 2.27 bits per heavy atom. The number of methoxy groups -OCH3 is 1. The van der Waals surface area contributed by atoms with Gasteiger partial charge < -0.3 is 10.1 Å². The number of anilines is 1. The van der Waals surface area contributed by atoms with E-state index in [1.54, 1.807) is 19.4 Å². The van der Waals surface area contributed by atoms with Gasteiger partial charge in [-0.05, 0) is 34.5 Å². The molecule has 0 aromatic carbocycles. The highest BCUT2D eigenvalue weighted by Gasteiger charge is 2.23. The van der Waals surface area contributed by atoms with E-state index in [9.17, 15) is 0 Å². The first-order valence-corrected chi connectivity index (χ1v) is 7.98. The fourth-order valence-corrected chi connectivity index (χ4v) is 2.77. The molecular weight excluding hydrogens is 346 g/mol. The molecule has 0 saturated carbocycles. The number of nitrogens with one attached hydrogen (secondary N) is 1. The predicted octanol–water partition coefficient (Wildman–Crippen LogP) is 2.33. The Labute approximate surface area is 138 Å². The van der Waals surface area contributed by atoms with Gasteiger partial charge in [-0.25, -0.2) is 4.98 Å². The van der Waals surface area contributed by atoms with E-state index in [1.807, 2.05) is 12.3 Å². The van der Waals surface area contributed by atoms with Gasteiger partial charge in [0, 0.05) is 48.6 Å². The van der Waals surface area contributed by atoms with Crippen LogP contribution in [0.4, 0.5) is 5.95 Å². The summed E-state index contributed by atoms with van der Waals surface area (Å²) in [4.78, 5) is 15.3. The SMILES string of the molecule is COc1ccnc(NC2CCN(Cc3ccc(Br)cn3)C2)n1. The van der Waals surface area contributed by atoms with Gasteiger partial charge in [-0.1, -0.05) is 0 Å². The van der Waals surface area contributed by atoms with Crippen LogP contribution in [0.2, 0.25) is 0 Å². The quantitative estimate of drug-likeness (QED) is 0.879. The summed E-state index contributed by atoms with van der Waals surface area (Å²) >= 11 is 3.41. The largest absolute Gasteiger partial charge is 0.481 e. The molecule has 1 atom stereocenters. The van der Waals surface area contributed by atoms with Crippen LogP contribution in [0.5, 0.6) is 5.88 Å². The first kappa shape index (κ1) is 15.2. The van der Waals surface area contributed by atoms with E-state index in [0.29, 0.717) is 17.9 Å². The molecule has 2 aromatic heterocycles. The molecule has 1 saturated heterocycles. The van der Waals surface area contributed by atoms with Crippen LogP contribution in [-0.2, 0) is 6.54 Å². The third kappa shape index (κ3) is 3.92. The third-order valence-corrected chi connectivity index (χ3v) is 4.09. The summed E-state index contributed by atoms with van der Waals surface area (Å²) in [5.41, 5.74) is 1.08. The summed E-state index contributed by atoms with van der Waals surface area (Å²) in [6, 6.07) is 6.17. The second kappa shape index (κ2) is 7.02. The Bertz CT molecular complexity index is 622. The van der Waals surface area contributed by atoms with Crippen molar-refractivity contribution >= 4 is 21.9 Å². The zero-order valence-corrected chi connectivity index (χ0v) is 14.0. The molecule has 1 aliphatic heterocycles. The average molecular weight is 364 g/mol. The predicted molar refractivity (Wildman–Crippen MR) is 87.8 cm³/mol. The molecular formula is C15H18BrN5O. The van der Waals surface area contributed by atoms with Gasteiger partial charge in [-0.3, -0.25) is 9.88 Å². The summed E-state index contributed by atoms with van der Waals surface area (Å²) in [6.07, 6.45) is 4.61. The Balaban J connectivity index is 1.54. The van der Waals surface area contributed by atoms with Crippen LogP contribution in [0.15, 0.2) is 35.1 Å². The van der Waals surface area contributed by atoms with Crippen molar-refractivity contribution in [3.8, 4) is 5.88 Å². The van der Waals surface area contributed by atoms with Crippen LogP contribution < -0.4 is 10.1 Å². The Morgan fingerprint density at radius 1 is 1.36 bits per heavy atom. The van der Waals surface area contributed by atoms with E-state index in [-0.39, 0.29) is 0 Å². The Hall–Kier alpha value is -1.73. The molecule has 1 unspecified atom stereocenters. The van der Waals surface area contributed by atoms with E-state index in [4.69, 9.17) is 4.74 Å². The standard InChI is InChI=1S/C15H18BrN5O/c1-22-14-4-6-17-15(20-14)19-13-5-7-21(10-13)9-12-3-2-11(16)8-18-12/h2-4,6,8,13H,5,7,9-10H2,1H3,(H,17,19,20). The molecule has 0 spiro atoms. The van der Waals surface area contributed by atoms with Crippen LogP contribution in [0.3, 0.4) is 0 Å². The van der Waals surface area contributed by atoms with Gasteiger partial charge in [0.15, 0.2) is 0 Å². The number of rotatable bonds is 5. The molecule has 0 aliphatic carbocycles. The molecule has 6 nitrogen and oxygen atoms in total. The summed E-state index contributed by atoms with van der Waals surface area (Å²) in [6.45, 7) is 2.86. The summed E-state index contributed by atoms with van der Waals surface area (Å²) in [5.74, 6) is 1.19. The van der Waals surface area contributed by atoms with Crippen molar-refractivity contribution in [3.05, 3.63) is 40.8 Å². The van der Waals surface area contributed by atoms with Crippen molar-refractivity contribution in [3.63, 3.8) is 0 Å². The van der Waals surface area contributed by atoms with Crippen molar-refractivity contribution in [1.82, 2.24) is 19.9 Å². The van der Waals surface area contributed by atoms with Crippen molar-refractivity contribution in [2.45, 2.75) is 19.0 Å². The van der Waals surface area contributed by atoms with Crippen LogP contribution in [-0.4, -0.2) is 46.1 Å². The second-order valence-corrected chi connectivity index (χ2v) is 6.17. The number of halogens is 1. The zero-order valence-electron chi connectivity index (χ0n) is 12.4. The molecule has 1 aliphatic rings. The van der Waals surface area contributed by atoms with Gasteiger partial charge >= 0.3 is 0 Å². The molecule has 7 heteroatoms. The van der Waals surface area contributed by atoms with Crippen LogP contribution >= 0.6 is 15.9 Å². The molecule has 1 N–H and O–H groups in total. The lowest BCUT2D eigenvalue weighted by Crippen LogP contribution is -2.26. The molecule has 0 bridgehead atoms. The van der Waals surface area contributed by atoms with Gasteiger partial charge in [0.1, 0.15) is 0 Å². The molecule has 22 heavy (non-hydrogen) atoms. The topological polar surface area (TPSA) is 63.2 Å². The minimum atomic E-state index is 0.350. The molecule has 0 amide bonds. The van der Waals surface area contributed by atoms with Crippen molar-refractivity contribution < 1.29 is 4.74 Å². The highest BCUT2D eigenvalue weighted by molar-refractivity contribution is 9.10. The van der Waals surface area contributed by atoms with Gasteiger partial charge in [0.2, 0.25) is 11.8 Å². The number of hydrogen-bond acceptors (Lipinski definition) is 6. The number of likely N-dealkylation sites (tertiary alicyclic amines) is 1. The number of pyridine rings is 1. The minimum absolute atomic E-state index is 0.350. The highest BCUT2D eigenvalue weighted by Crippen LogP contribution is 2.17. The normalized spacial score (nSPS) is 18.4. The van der Waals surface area contributed by atoms with Gasteiger partial charge in [0.05, 0.1) is 12.8 Å². The van der Waals surface area contributed by atoms with Crippen molar-refractivity contribution in [1.29, 1.82) is 0 Å². The van der Waals surface area contributed by atoms with Crippen LogP contribution in [0.25, 0.3) is 0 Å². The minimum Gasteiger partial charge on any atom is -0.481 e. The Morgan fingerprint density at radius 3 is 3.05 bits per heavy atom. The van der Waals surface area contributed by atoms with E-state index in [2.05, 4.69) is 47.2 Å².